The number of amides is 2. The van der Waals surface area contributed by atoms with Gasteiger partial charge in [0.2, 0.25) is 0 Å². The highest BCUT2D eigenvalue weighted by Crippen LogP contribution is 2.36. The van der Waals surface area contributed by atoms with Crippen LogP contribution >= 0.6 is 15.9 Å². The highest BCUT2D eigenvalue weighted by molar-refractivity contribution is 9.10. The Kier molecular flexibility index (Phi) is 7.21. The summed E-state index contributed by atoms with van der Waals surface area (Å²) in [5.41, 5.74) is 0.979. The topological polar surface area (TPSA) is 112 Å². The Hall–Kier alpha value is -4.44. The molecule has 0 fully saturated rings. The standard InChI is InChI=1S/C28H22BrF3N6O3/c1-15-11-20-23(14-36(15)26(40)17-5-8-22(29)21(12-17)28(30,31)32)38-25(18(9-10-33)13-35-38)37(27(20)41)19-6-3-16(4-7-19)24(39)34-2/h3-8,12-13,15H,9,11,14H2,1-2H3,(H,34,39). The molecule has 4 aromatic rings. The largest absolute Gasteiger partial charge is 0.417 e. The highest BCUT2D eigenvalue weighted by atomic mass is 79.9. The Balaban J connectivity index is 1.63. The molecule has 2 aromatic heterocycles. The number of fused-ring (bicyclic) bond motifs is 3. The molecule has 13 heteroatoms. The molecule has 0 saturated heterocycles. The lowest BCUT2D eigenvalue weighted by Gasteiger charge is -2.35. The molecule has 0 aliphatic carbocycles. The molecule has 0 spiro atoms. The van der Waals surface area contributed by atoms with Crippen molar-refractivity contribution in [3.8, 4) is 11.8 Å². The number of hydrogen-bond acceptors (Lipinski definition) is 5. The van der Waals surface area contributed by atoms with Crippen molar-refractivity contribution in [2.24, 2.45) is 0 Å². The van der Waals surface area contributed by atoms with Gasteiger partial charge in [0.25, 0.3) is 17.4 Å². The second-order valence-corrected chi connectivity index (χ2v) is 10.5. The van der Waals surface area contributed by atoms with E-state index < -0.39 is 23.7 Å². The third kappa shape index (κ3) is 4.88. The first kappa shape index (κ1) is 28.1. The SMILES string of the molecule is CNC(=O)c1ccc(-n2c(=O)c3c(n4ncc(CC#N)c24)CN(C(=O)c2ccc(Br)c(C(F)(F)F)c2)C(C)C3)cc1. The van der Waals surface area contributed by atoms with E-state index in [0.717, 1.165) is 6.07 Å². The van der Waals surface area contributed by atoms with Gasteiger partial charge < -0.3 is 10.2 Å². The van der Waals surface area contributed by atoms with Crippen LogP contribution in [0.25, 0.3) is 11.3 Å². The lowest BCUT2D eigenvalue weighted by Crippen LogP contribution is -2.46. The quantitative estimate of drug-likeness (QED) is 0.363. The summed E-state index contributed by atoms with van der Waals surface area (Å²) in [5, 5.41) is 16.4. The van der Waals surface area contributed by atoms with Gasteiger partial charge in [-0.15, -0.1) is 0 Å². The van der Waals surface area contributed by atoms with Crippen LogP contribution in [0.4, 0.5) is 13.2 Å². The number of nitrogens with one attached hydrogen (secondary N) is 1. The predicted molar refractivity (Wildman–Crippen MR) is 146 cm³/mol. The minimum absolute atomic E-state index is 0.0454. The molecule has 9 nitrogen and oxygen atoms in total. The number of carbonyl (C=O) groups excluding carboxylic acids is 2. The lowest BCUT2D eigenvalue weighted by atomic mass is 9.98. The molecular weight excluding hydrogens is 605 g/mol. The summed E-state index contributed by atoms with van der Waals surface area (Å²) in [7, 11) is 1.51. The van der Waals surface area contributed by atoms with Crippen LogP contribution in [0, 0.1) is 11.3 Å². The number of benzene rings is 2. The summed E-state index contributed by atoms with van der Waals surface area (Å²) in [5.74, 6) is -0.909. The second kappa shape index (κ2) is 10.5. The number of rotatable bonds is 4. The number of aromatic nitrogens is 3. The third-order valence-electron chi connectivity index (χ3n) is 7.11. The van der Waals surface area contributed by atoms with Crippen LogP contribution in [0.1, 0.15) is 50.0 Å². The molecule has 0 saturated carbocycles. The molecular formula is C28H22BrF3N6O3. The Morgan fingerprint density at radius 3 is 2.49 bits per heavy atom. The number of alkyl halides is 3. The van der Waals surface area contributed by atoms with Crippen LogP contribution in [0.5, 0.6) is 0 Å². The maximum Gasteiger partial charge on any atom is 0.417 e. The maximum atomic E-state index is 14.0. The van der Waals surface area contributed by atoms with E-state index in [1.807, 2.05) is 0 Å². The predicted octanol–water partition coefficient (Wildman–Crippen LogP) is 4.28. The maximum absolute atomic E-state index is 14.0. The average molecular weight is 627 g/mol. The summed E-state index contributed by atoms with van der Waals surface area (Å²) < 4.78 is 43.3. The molecule has 41 heavy (non-hydrogen) atoms. The van der Waals surface area contributed by atoms with Gasteiger partial charge in [-0.25, -0.2) is 4.52 Å². The monoisotopic (exact) mass is 626 g/mol. The Morgan fingerprint density at radius 2 is 1.85 bits per heavy atom. The first-order chi connectivity index (χ1) is 19.5. The number of halogens is 4. The van der Waals surface area contributed by atoms with Gasteiger partial charge in [0, 0.05) is 39.8 Å². The molecule has 1 unspecified atom stereocenters. The first-order valence-electron chi connectivity index (χ1n) is 12.5. The zero-order valence-electron chi connectivity index (χ0n) is 21.8. The molecule has 1 aliphatic heterocycles. The van der Waals surface area contributed by atoms with E-state index in [4.69, 9.17) is 0 Å². The van der Waals surface area contributed by atoms with Crippen LogP contribution in [-0.4, -0.2) is 44.0 Å². The first-order valence-corrected chi connectivity index (χ1v) is 13.3. The summed E-state index contributed by atoms with van der Waals surface area (Å²) in [6, 6.07) is 11.3. The number of carbonyl (C=O) groups is 2. The van der Waals surface area contributed by atoms with Crippen LogP contribution in [0.15, 0.2) is 57.9 Å². The Bertz CT molecular complexity index is 1800. The van der Waals surface area contributed by atoms with Crippen molar-refractivity contribution < 1.29 is 22.8 Å². The zero-order chi connectivity index (χ0) is 29.6. The van der Waals surface area contributed by atoms with Crippen LogP contribution in [0.2, 0.25) is 0 Å². The van der Waals surface area contributed by atoms with Gasteiger partial charge in [-0.05, 0) is 55.8 Å². The highest BCUT2D eigenvalue weighted by Gasteiger charge is 2.36. The van der Waals surface area contributed by atoms with Gasteiger partial charge >= 0.3 is 6.18 Å². The Labute approximate surface area is 239 Å². The molecule has 0 radical (unpaired) electrons. The smallest absolute Gasteiger partial charge is 0.355 e. The molecule has 5 rings (SSSR count). The molecule has 1 atom stereocenters. The normalized spacial score (nSPS) is 15.0. The third-order valence-corrected chi connectivity index (χ3v) is 7.80. The summed E-state index contributed by atoms with van der Waals surface area (Å²) >= 11 is 2.90. The van der Waals surface area contributed by atoms with E-state index in [1.165, 1.54) is 39.4 Å². The van der Waals surface area contributed by atoms with E-state index in [9.17, 15) is 32.8 Å². The van der Waals surface area contributed by atoms with Crippen molar-refractivity contribution in [3.63, 3.8) is 0 Å². The van der Waals surface area contributed by atoms with Gasteiger partial charge in [-0.2, -0.15) is 23.5 Å². The number of nitrogens with zero attached hydrogens (tertiary/aromatic N) is 5. The van der Waals surface area contributed by atoms with Crippen molar-refractivity contribution in [2.45, 2.75) is 38.5 Å². The van der Waals surface area contributed by atoms with E-state index in [-0.39, 0.29) is 40.9 Å². The molecule has 1 N–H and O–H groups in total. The fourth-order valence-corrected chi connectivity index (χ4v) is 5.52. The molecule has 2 aromatic carbocycles. The van der Waals surface area contributed by atoms with Gasteiger partial charge in [-0.1, -0.05) is 15.9 Å². The van der Waals surface area contributed by atoms with Gasteiger partial charge in [0.1, 0.15) is 5.65 Å². The van der Waals surface area contributed by atoms with Gasteiger partial charge in [0.15, 0.2) is 0 Å². The summed E-state index contributed by atoms with van der Waals surface area (Å²) in [6.07, 6.45) is -3.10. The van der Waals surface area contributed by atoms with Crippen molar-refractivity contribution in [1.82, 2.24) is 24.4 Å². The summed E-state index contributed by atoms with van der Waals surface area (Å²) in [6.45, 7) is 1.64. The molecule has 210 valence electrons. The minimum atomic E-state index is -4.66. The van der Waals surface area contributed by atoms with Crippen LogP contribution < -0.4 is 10.9 Å². The van der Waals surface area contributed by atoms with Crippen molar-refractivity contribution in [3.05, 3.63) is 97.0 Å². The fraction of sp³-hybridized carbons (Fsp3) is 0.250. The van der Waals surface area contributed by atoms with E-state index in [1.54, 1.807) is 31.2 Å². The second-order valence-electron chi connectivity index (χ2n) is 9.61. The minimum Gasteiger partial charge on any atom is -0.355 e. The van der Waals surface area contributed by atoms with Gasteiger partial charge in [-0.3, -0.25) is 19.0 Å². The van der Waals surface area contributed by atoms with Crippen molar-refractivity contribution in [2.75, 3.05) is 7.05 Å². The fourth-order valence-electron chi connectivity index (χ4n) is 5.05. The van der Waals surface area contributed by atoms with Crippen molar-refractivity contribution >= 4 is 33.4 Å². The molecule has 0 bridgehead atoms. The van der Waals surface area contributed by atoms with Crippen molar-refractivity contribution in [1.29, 1.82) is 5.26 Å². The van der Waals surface area contributed by atoms with Crippen LogP contribution in [0.3, 0.4) is 0 Å². The molecule has 3 heterocycles. The average Bonchev–Trinajstić information content (AvgIpc) is 3.35. The van der Waals surface area contributed by atoms with E-state index in [0.29, 0.717) is 33.7 Å². The van der Waals surface area contributed by atoms with E-state index >= 15 is 0 Å². The molecule has 2 amide bonds. The number of hydrogen-bond donors (Lipinski definition) is 1. The molecule has 1 aliphatic rings. The summed E-state index contributed by atoms with van der Waals surface area (Å²) in [4.78, 5) is 40.9. The Morgan fingerprint density at radius 1 is 1.17 bits per heavy atom. The van der Waals surface area contributed by atoms with Gasteiger partial charge in [0.05, 0.1) is 42.2 Å². The number of nitriles is 1. The zero-order valence-corrected chi connectivity index (χ0v) is 23.4. The van der Waals surface area contributed by atoms with Crippen LogP contribution in [-0.2, 0) is 25.6 Å². The lowest BCUT2D eigenvalue weighted by molar-refractivity contribution is -0.138. The van der Waals surface area contributed by atoms with E-state index in [2.05, 4.69) is 32.4 Å².